The number of alkyl halides is 4. The highest BCUT2D eigenvalue weighted by atomic mass is 19.3. The van der Waals surface area contributed by atoms with Gasteiger partial charge in [0.05, 0.1) is 0 Å². The van der Waals surface area contributed by atoms with Crippen molar-refractivity contribution in [2.24, 2.45) is 5.92 Å². The van der Waals surface area contributed by atoms with E-state index in [-0.39, 0.29) is 0 Å². The third kappa shape index (κ3) is 6.58. The highest BCUT2D eigenvalue weighted by Crippen LogP contribution is 2.22. The number of ether oxygens (including phenoxy) is 2. The first kappa shape index (κ1) is 16.3. The molecular weight excluding hydrogens is 244 g/mol. The summed E-state index contributed by atoms with van der Waals surface area (Å²) >= 11 is 0. The van der Waals surface area contributed by atoms with Crippen LogP contribution in [0.4, 0.5) is 17.6 Å². The third-order valence-corrected chi connectivity index (χ3v) is 2.16. The molecule has 0 N–H and O–H groups in total. The van der Waals surface area contributed by atoms with E-state index in [9.17, 15) is 22.4 Å². The summed E-state index contributed by atoms with van der Waals surface area (Å²) in [7, 11) is 1.47. The molecule has 0 aromatic carbocycles. The van der Waals surface area contributed by atoms with Crippen LogP contribution in [0.1, 0.15) is 13.3 Å². The zero-order valence-electron chi connectivity index (χ0n) is 9.72. The van der Waals surface area contributed by atoms with E-state index in [0.29, 0.717) is 13.0 Å². The van der Waals surface area contributed by atoms with Crippen LogP contribution < -0.4 is 0 Å². The largest absolute Gasteiger partial charge is 0.385 e. The second kappa shape index (κ2) is 7.60. The summed E-state index contributed by atoms with van der Waals surface area (Å²) in [5.74, 6) is -5.03. The fourth-order valence-corrected chi connectivity index (χ4v) is 0.949. The van der Waals surface area contributed by atoms with Crippen LogP contribution in [0.25, 0.3) is 0 Å². The molecule has 1 unspecified atom stereocenters. The fraction of sp³-hybridized carbons (Fsp3) is 0.900. The van der Waals surface area contributed by atoms with Gasteiger partial charge in [-0.2, -0.15) is 8.78 Å². The second-order valence-electron chi connectivity index (χ2n) is 3.70. The maximum absolute atomic E-state index is 12.4. The van der Waals surface area contributed by atoms with Crippen LogP contribution in [0.15, 0.2) is 0 Å². The maximum Gasteiger partial charge on any atom is 0.330 e. The van der Waals surface area contributed by atoms with Crippen LogP contribution in [0.5, 0.6) is 0 Å². The topological polar surface area (TPSA) is 35.5 Å². The monoisotopic (exact) mass is 260 g/mol. The zero-order chi connectivity index (χ0) is 13.5. The van der Waals surface area contributed by atoms with Gasteiger partial charge in [0.25, 0.3) is 0 Å². The van der Waals surface area contributed by atoms with Crippen LogP contribution >= 0.6 is 0 Å². The molecule has 0 fully saturated rings. The Balaban J connectivity index is 3.85. The number of ketones is 1. The van der Waals surface area contributed by atoms with Crippen molar-refractivity contribution in [2.45, 2.75) is 25.7 Å². The highest BCUT2D eigenvalue weighted by Gasteiger charge is 2.41. The minimum absolute atomic E-state index is 0.361. The summed E-state index contributed by atoms with van der Waals surface area (Å²) in [6, 6.07) is 0. The lowest BCUT2D eigenvalue weighted by atomic mass is 10.0. The summed E-state index contributed by atoms with van der Waals surface area (Å²) in [4.78, 5) is 11.3. The molecule has 0 aromatic heterocycles. The van der Waals surface area contributed by atoms with Gasteiger partial charge in [0.1, 0.15) is 13.2 Å². The van der Waals surface area contributed by atoms with Crippen LogP contribution in [-0.2, 0) is 14.3 Å². The van der Waals surface area contributed by atoms with Crippen LogP contribution in [0, 0.1) is 5.92 Å². The number of methoxy groups -OCH3 is 1. The van der Waals surface area contributed by atoms with Gasteiger partial charge >= 0.3 is 12.3 Å². The van der Waals surface area contributed by atoms with Gasteiger partial charge in [0.15, 0.2) is 5.78 Å². The SMILES string of the molecule is COCCC(C)C(=O)COCC(F)(F)C(F)F. The van der Waals surface area contributed by atoms with Crippen molar-refractivity contribution in [2.75, 3.05) is 26.9 Å². The van der Waals surface area contributed by atoms with E-state index in [1.807, 2.05) is 0 Å². The molecule has 0 aliphatic rings. The molecular formula is C10H16F4O3. The second-order valence-corrected chi connectivity index (χ2v) is 3.70. The number of carbonyl (C=O) groups excluding carboxylic acids is 1. The van der Waals surface area contributed by atoms with Crippen molar-refractivity contribution in [3.8, 4) is 0 Å². The third-order valence-electron chi connectivity index (χ3n) is 2.16. The van der Waals surface area contributed by atoms with Gasteiger partial charge < -0.3 is 9.47 Å². The summed E-state index contributed by atoms with van der Waals surface area (Å²) < 4.78 is 57.3. The van der Waals surface area contributed by atoms with E-state index in [2.05, 4.69) is 4.74 Å². The van der Waals surface area contributed by atoms with Crippen molar-refractivity contribution in [1.29, 1.82) is 0 Å². The van der Waals surface area contributed by atoms with Crippen LogP contribution in [0.3, 0.4) is 0 Å². The van der Waals surface area contributed by atoms with Gasteiger partial charge in [-0.25, -0.2) is 8.78 Å². The highest BCUT2D eigenvalue weighted by molar-refractivity contribution is 5.81. The Morgan fingerprint density at radius 2 is 1.94 bits per heavy atom. The average molecular weight is 260 g/mol. The molecule has 1 atom stereocenters. The van der Waals surface area contributed by atoms with Gasteiger partial charge in [-0.3, -0.25) is 4.79 Å². The Labute approximate surface area is 97.1 Å². The summed E-state index contributed by atoms with van der Waals surface area (Å²) in [5.41, 5.74) is 0. The molecule has 0 spiro atoms. The number of carbonyl (C=O) groups is 1. The number of rotatable bonds is 9. The van der Waals surface area contributed by atoms with E-state index >= 15 is 0 Å². The lowest BCUT2D eigenvalue weighted by molar-refractivity contribution is -0.168. The molecule has 0 bridgehead atoms. The molecule has 0 aliphatic carbocycles. The molecule has 0 saturated heterocycles. The lowest BCUT2D eigenvalue weighted by Gasteiger charge is -2.16. The molecule has 0 saturated carbocycles. The fourth-order valence-electron chi connectivity index (χ4n) is 0.949. The zero-order valence-corrected chi connectivity index (χ0v) is 9.72. The van der Waals surface area contributed by atoms with Crippen LogP contribution in [-0.4, -0.2) is 45.1 Å². The Hall–Kier alpha value is -0.690. The standard InChI is InChI=1S/C10H16F4O3/c1-7(3-4-16-2)8(15)5-17-6-10(13,14)9(11)12/h7,9H,3-6H2,1-2H3. The minimum atomic E-state index is -4.21. The van der Waals surface area contributed by atoms with E-state index in [1.54, 1.807) is 6.92 Å². The smallest absolute Gasteiger partial charge is 0.330 e. The number of hydrogen-bond donors (Lipinski definition) is 0. The van der Waals surface area contributed by atoms with Crippen molar-refractivity contribution in [3.05, 3.63) is 0 Å². The lowest BCUT2D eigenvalue weighted by Crippen LogP contribution is -2.33. The molecule has 0 radical (unpaired) electrons. The normalized spacial score (nSPS) is 14.1. The molecule has 17 heavy (non-hydrogen) atoms. The Kier molecular flexibility index (Phi) is 7.29. The Morgan fingerprint density at radius 1 is 1.35 bits per heavy atom. The van der Waals surface area contributed by atoms with Gasteiger partial charge in [-0.15, -0.1) is 0 Å². The first-order chi connectivity index (χ1) is 7.81. The molecule has 0 rings (SSSR count). The molecule has 0 aromatic rings. The van der Waals surface area contributed by atoms with Gasteiger partial charge in [0.2, 0.25) is 0 Å². The summed E-state index contributed by atoms with van der Waals surface area (Å²) in [6.07, 6.45) is -3.35. The summed E-state index contributed by atoms with van der Waals surface area (Å²) in [5, 5.41) is 0. The van der Waals surface area contributed by atoms with E-state index < -0.39 is 37.3 Å². The van der Waals surface area contributed by atoms with Gasteiger partial charge in [0, 0.05) is 19.6 Å². The van der Waals surface area contributed by atoms with E-state index in [4.69, 9.17) is 4.74 Å². The number of Topliss-reactive ketones (excluding diaryl/α,β-unsaturated/α-hetero) is 1. The maximum atomic E-state index is 12.4. The predicted molar refractivity (Wildman–Crippen MR) is 52.4 cm³/mol. The first-order valence-corrected chi connectivity index (χ1v) is 5.06. The Morgan fingerprint density at radius 3 is 2.41 bits per heavy atom. The first-order valence-electron chi connectivity index (χ1n) is 5.06. The molecule has 0 heterocycles. The minimum Gasteiger partial charge on any atom is -0.385 e. The summed E-state index contributed by atoms with van der Waals surface area (Å²) in [6.45, 7) is -0.0866. The Bertz CT molecular complexity index is 234. The van der Waals surface area contributed by atoms with Crippen molar-refractivity contribution in [3.63, 3.8) is 0 Å². The van der Waals surface area contributed by atoms with Gasteiger partial charge in [-0.05, 0) is 6.42 Å². The van der Waals surface area contributed by atoms with E-state index in [1.165, 1.54) is 7.11 Å². The quantitative estimate of drug-likeness (QED) is 0.596. The molecule has 7 heteroatoms. The van der Waals surface area contributed by atoms with Crippen molar-refractivity contribution < 1.29 is 31.8 Å². The number of hydrogen-bond acceptors (Lipinski definition) is 3. The van der Waals surface area contributed by atoms with Crippen LogP contribution in [0.2, 0.25) is 0 Å². The van der Waals surface area contributed by atoms with Gasteiger partial charge in [-0.1, -0.05) is 6.92 Å². The predicted octanol–water partition coefficient (Wildman–Crippen LogP) is 2.15. The molecule has 102 valence electrons. The van der Waals surface area contributed by atoms with E-state index in [0.717, 1.165) is 0 Å². The number of halogens is 4. The average Bonchev–Trinajstić information content (AvgIpc) is 2.25. The van der Waals surface area contributed by atoms with Crippen molar-refractivity contribution >= 4 is 5.78 Å². The molecule has 0 amide bonds. The molecule has 3 nitrogen and oxygen atoms in total. The van der Waals surface area contributed by atoms with Crippen molar-refractivity contribution in [1.82, 2.24) is 0 Å². The molecule has 0 aliphatic heterocycles.